The SMILES string of the molecule is C[C@@]12CCC[C@H]1[C@@H]1[C@@H](C#N)CC3=CC(=O)CC[C@]3(C)[C@H]1CC2. The average molecular weight is 297 g/mol. The number of nitriles is 1. The molecule has 0 aromatic heterocycles. The van der Waals surface area contributed by atoms with E-state index in [9.17, 15) is 10.1 Å². The number of fused-ring (bicyclic) bond motifs is 5. The molecule has 0 saturated heterocycles. The lowest BCUT2D eigenvalue weighted by Crippen LogP contribution is -2.52. The van der Waals surface area contributed by atoms with Crippen LogP contribution in [0.2, 0.25) is 0 Å². The van der Waals surface area contributed by atoms with E-state index in [0.29, 0.717) is 23.7 Å². The van der Waals surface area contributed by atoms with Gasteiger partial charge in [-0.1, -0.05) is 25.8 Å². The number of carbonyl (C=O) groups excluding carboxylic acids is 1. The topological polar surface area (TPSA) is 40.9 Å². The first-order valence-corrected chi connectivity index (χ1v) is 9.11. The van der Waals surface area contributed by atoms with Gasteiger partial charge in [0, 0.05) is 6.42 Å². The van der Waals surface area contributed by atoms with Crippen molar-refractivity contribution in [2.75, 3.05) is 0 Å². The predicted octanol–water partition coefficient (Wildman–Crippen LogP) is 4.66. The molecular weight excluding hydrogens is 270 g/mol. The third-order valence-electron chi connectivity index (χ3n) is 7.96. The molecule has 2 heteroatoms. The van der Waals surface area contributed by atoms with Gasteiger partial charge in [0.25, 0.3) is 0 Å². The van der Waals surface area contributed by atoms with Gasteiger partial charge < -0.3 is 0 Å². The number of hydrogen-bond acceptors (Lipinski definition) is 2. The molecule has 4 aliphatic carbocycles. The summed E-state index contributed by atoms with van der Waals surface area (Å²) in [6.07, 6.45) is 11.1. The molecule has 0 aliphatic heterocycles. The van der Waals surface area contributed by atoms with Crippen LogP contribution in [0, 0.1) is 45.8 Å². The Balaban J connectivity index is 1.77. The zero-order valence-corrected chi connectivity index (χ0v) is 13.9. The van der Waals surface area contributed by atoms with Crippen molar-refractivity contribution < 1.29 is 4.79 Å². The summed E-state index contributed by atoms with van der Waals surface area (Å²) < 4.78 is 0. The molecule has 0 N–H and O–H groups in total. The van der Waals surface area contributed by atoms with Gasteiger partial charge in [-0.3, -0.25) is 4.79 Å². The van der Waals surface area contributed by atoms with E-state index in [1.54, 1.807) is 0 Å². The molecule has 0 aromatic carbocycles. The van der Waals surface area contributed by atoms with Gasteiger partial charge in [0.2, 0.25) is 0 Å². The summed E-state index contributed by atoms with van der Waals surface area (Å²) in [4.78, 5) is 11.9. The van der Waals surface area contributed by atoms with Crippen LogP contribution < -0.4 is 0 Å². The monoisotopic (exact) mass is 297 g/mol. The maximum absolute atomic E-state index is 11.9. The second kappa shape index (κ2) is 4.70. The molecule has 0 aromatic rings. The summed E-state index contributed by atoms with van der Waals surface area (Å²) in [7, 11) is 0. The van der Waals surface area contributed by atoms with Crippen LogP contribution in [0.15, 0.2) is 11.6 Å². The van der Waals surface area contributed by atoms with Gasteiger partial charge in [0.15, 0.2) is 5.78 Å². The van der Waals surface area contributed by atoms with Crippen LogP contribution in [0.3, 0.4) is 0 Å². The number of carbonyl (C=O) groups is 1. The van der Waals surface area contributed by atoms with E-state index in [-0.39, 0.29) is 17.1 Å². The predicted molar refractivity (Wildman–Crippen MR) is 85.8 cm³/mol. The summed E-state index contributed by atoms with van der Waals surface area (Å²) in [6, 6.07) is 2.65. The fourth-order valence-corrected chi connectivity index (χ4v) is 6.68. The van der Waals surface area contributed by atoms with Crippen molar-refractivity contribution >= 4 is 5.78 Å². The van der Waals surface area contributed by atoms with Crippen LogP contribution in [0.5, 0.6) is 0 Å². The summed E-state index contributed by atoms with van der Waals surface area (Å²) in [5.74, 6) is 2.36. The summed E-state index contributed by atoms with van der Waals surface area (Å²) in [5, 5.41) is 9.81. The highest BCUT2D eigenvalue weighted by atomic mass is 16.1. The number of rotatable bonds is 0. The van der Waals surface area contributed by atoms with Crippen molar-refractivity contribution in [3.8, 4) is 6.07 Å². The summed E-state index contributed by atoms with van der Waals surface area (Å²) in [5.41, 5.74) is 1.98. The Morgan fingerprint density at radius 2 is 2.00 bits per heavy atom. The molecule has 0 spiro atoms. The smallest absolute Gasteiger partial charge is 0.155 e. The fraction of sp³-hybridized carbons (Fsp3) is 0.800. The van der Waals surface area contributed by atoms with Crippen molar-refractivity contribution in [3.05, 3.63) is 11.6 Å². The molecule has 0 amide bonds. The second-order valence-corrected chi connectivity index (χ2v) is 8.87. The van der Waals surface area contributed by atoms with E-state index < -0.39 is 0 Å². The lowest BCUT2D eigenvalue weighted by molar-refractivity contribution is -0.117. The Bertz CT molecular complexity index is 585. The third-order valence-corrected chi connectivity index (χ3v) is 7.96. The molecule has 0 radical (unpaired) electrons. The van der Waals surface area contributed by atoms with Gasteiger partial charge in [-0.05, 0) is 73.2 Å². The minimum atomic E-state index is 0.137. The van der Waals surface area contributed by atoms with E-state index >= 15 is 0 Å². The Kier molecular flexibility index (Phi) is 3.09. The van der Waals surface area contributed by atoms with Gasteiger partial charge >= 0.3 is 0 Å². The number of hydrogen-bond donors (Lipinski definition) is 0. The first-order chi connectivity index (χ1) is 10.5. The number of nitrogens with zero attached hydrogens (tertiary/aromatic N) is 1. The molecule has 0 heterocycles. The molecule has 0 unspecified atom stereocenters. The molecule has 3 fully saturated rings. The Morgan fingerprint density at radius 1 is 1.18 bits per heavy atom. The Morgan fingerprint density at radius 3 is 2.77 bits per heavy atom. The summed E-state index contributed by atoms with van der Waals surface area (Å²) >= 11 is 0. The highest BCUT2D eigenvalue weighted by Crippen LogP contribution is 2.66. The van der Waals surface area contributed by atoms with Crippen molar-refractivity contribution in [2.45, 2.75) is 65.2 Å². The minimum absolute atomic E-state index is 0.137. The van der Waals surface area contributed by atoms with Crippen LogP contribution in [-0.2, 0) is 4.79 Å². The minimum Gasteiger partial charge on any atom is -0.295 e. The number of allylic oxidation sites excluding steroid dienone is 1. The normalized spacial score (nSPS) is 50.4. The van der Waals surface area contributed by atoms with E-state index in [0.717, 1.165) is 18.8 Å². The molecule has 2 nitrogen and oxygen atoms in total. The van der Waals surface area contributed by atoms with E-state index in [2.05, 4.69) is 19.9 Å². The van der Waals surface area contributed by atoms with Crippen molar-refractivity contribution in [1.29, 1.82) is 5.26 Å². The molecular formula is C20H27NO. The lowest BCUT2D eigenvalue weighted by Gasteiger charge is -2.58. The molecule has 118 valence electrons. The molecule has 22 heavy (non-hydrogen) atoms. The third kappa shape index (κ3) is 1.81. The maximum Gasteiger partial charge on any atom is 0.155 e. The van der Waals surface area contributed by atoms with Crippen LogP contribution in [0.4, 0.5) is 0 Å². The lowest BCUT2D eigenvalue weighted by atomic mass is 9.45. The van der Waals surface area contributed by atoms with Crippen molar-refractivity contribution in [1.82, 2.24) is 0 Å². The Labute approximate surface area is 134 Å². The fourth-order valence-electron chi connectivity index (χ4n) is 6.68. The van der Waals surface area contributed by atoms with Gasteiger partial charge in [-0.15, -0.1) is 0 Å². The van der Waals surface area contributed by atoms with Gasteiger partial charge in [-0.25, -0.2) is 0 Å². The standard InChI is InChI=1S/C20H27NO/c1-19-7-3-4-16(19)18-13(12-21)10-14-11-15(22)5-9-20(14,2)17(18)6-8-19/h11,13,16-18H,3-10H2,1-2H3/t13-,16+,17+,18+,19+,20+/m1/s1. The zero-order chi connectivity index (χ0) is 15.5. The van der Waals surface area contributed by atoms with Crippen LogP contribution >= 0.6 is 0 Å². The van der Waals surface area contributed by atoms with Crippen LogP contribution in [0.1, 0.15) is 65.2 Å². The largest absolute Gasteiger partial charge is 0.295 e. The first kappa shape index (κ1) is 14.5. The maximum atomic E-state index is 11.9. The van der Waals surface area contributed by atoms with Gasteiger partial charge in [0.05, 0.1) is 12.0 Å². The van der Waals surface area contributed by atoms with E-state index in [4.69, 9.17) is 0 Å². The van der Waals surface area contributed by atoms with Crippen LogP contribution in [0.25, 0.3) is 0 Å². The molecule has 4 rings (SSSR count). The quantitative estimate of drug-likeness (QED) is 0.652. The molecule has 4 aliphatic rings. The first-order valence-electron chi connectivity index (χ1n) is 9.11. The highest BCUT2D eigenvalue weighted by molar-refractivity contribution is 5.91. The van der Waals surface area contributed by atoms with Crippen molar-refractivity contribution in [3.63, 3.8) is 0 Å². The number of ketones is 1. The van der Waals surface area contributed by atoms with Gasteiger partial charge in [0.1, 0.15) is 0 Å². The Hall–Kier alpha value is -1.10. The second-order valence-electron chi connectivity index (χ2n) is 8.87. The molecule has 3 saturated carbocycles. The zero-order valence-electron chi connectivity index (χ0n) is 13.9. The average Bonchev–Trinajstić information content (AvgIpc) is 2.89. The molecule has 6 atom stereocenters. The van der Waals surface area contributed by atoms with E-state index in [1.807, 2.05) is 6.08 Å². The van der Waals surface area contributed by atoms with Crippen molar-refractivity contribution in [2.24, 2.45) is 34.5 Å². The van der Waals surface area contributed by atoms with Crippen LogP contribution in [-0.4, -0.2) is 5.78 Å². The molecule has 0 bridgehead atoms. The van der Waals surface area contributed by atoms with Gasteiger partial charge in [-0.2, -0.15) is 5.26 Å². The highest BCUT2D eigenvalue weighted by Gasteiger charge is 2.59. The van der Waals surface area contributed by atoms with E-state index in [1.165, 1.54) is 37.7 Å². The summed E-state index contributed by atoms with van der Waals surface area (Å²) in [6.45, 7) is 4.88.